The van der Waals surface area contributed by atoms with Gasteiger partial charge in [0.25, 0.3) is 10.0 Å². The number of hydrogen-bond donors (Lipinski definition) is 5. The number of hydrogen-bond acceptors (Lipinski definition) is 6. The highest BCUT2D eigenvalue weighted by Gasteiger charge is 2.22. The van der Waals surface area contributed by atoms with Crippen molar-refractivity contribution in [1.82, 2.24) is 15.6 Å². The van der Waals surface area contributed by atoms with Crippen molar-refractivity contribution < 1.29 is 13.2 Å². The first-order valence-electron chi connectivity index (χ1n) is 14.7. The van der Waals surface area contributed by atoms with Crippen molar-refractivity contribution >= 4 is 33.2 Å². The molecule has 2 heterocycles. The maximum atomic E-state index is 13.0. The minimum absolute atomic E-state index is 0.0602. The number of nitrogens with zero attached hydrogens (tertiary/aromatic N) is 1. The van der Waals surface area contributed by atoms with E-state index in [0.717, 1.165) is 66.6 Å². The van der Waals surface area contributed by atoms with Gasteiger partial charge >= 0.3 is 6.03 Å². The second-order valence-electron chi connectivity index (χ2n) is 10.7. The van der Waals surface area contributed by atoms with E-state index in [4.69, 9.17) is 5.73 Å². The van der Waals surface area contributed by atoms with E-state index in [1.807, 2.05) is 24.3 Å². The number of anilines is 3. The van der Waals surface area contributed by atoms with Gasteiger partial charge in [0, 0.05) is 36.6 Å². The molecule has 1 aromatic heterocycles. The van der Waals surface area contributed by atoms with Gasteiger partial charge in [-0.2, -0.15) is 0 Å². The zero-order valence-electron chi connectivity index (χ0n) is 24.3. The van der Waals surface area contributed by atoms with Crippen molar-refractivity contribution in [3.8, 4) is 11.1 Å². The van der Waals surface area contributed by atoms with Crippen LogP contribution in [0.4, 0.5) is 22.0 Å². The SMILES string of the molecule is CCCCCCNC(=O)Nc1ccc(S(=O)(=O)Nc2ccc(-c3ccc(C4NCCc5nc(N)ccc54)cc3)cc2)cc1. The minimum atomic E-state index is -3.80. The molecule has 6 N–H and O–H groups in total. The smallest absolute Gasteiger partial charge is 0.319 e. The molecule has 5 rings (SSSR count). The number of fused-ring (bicyclic) bond motifs is 1. The molecule has 3 aromatic carbocycles. The Kier molecular flexibility index (Phi) is 9.58. The Hall–Kier alpha value is -4.41. The number of urea groups is 1. The van der Waals surface area contributed by atoms with Gasteiger partial charge in [-0.3, -0.25) is 4.72 Å². The predicted molar refractivity (Wildman–Crippen MR) is 172 cm³/mol. The molecular weight excluding hydrogens is 560 g/mol. The van der Waals surface area contributed by atoms with E-state index in [9.17, 15) is 13.2 Å². The molecule has 43 heavy (non-hydrogen) atoms. The first-order chi connectivity index (χ1) is 20.8. The molecule has 10 heteroatoms. The Morgan fingerprint density at radius 2 is 1.56 bits per heavy atom. The van der Waals surface area contributed by atoms with E-state index < -0.39 is 10.0 Å². The van der Waals surface area contributed by atoms with Crippen LogP contribution in [-0.4, -0.2) is 32.5 Å². The van der Waals surface area contributed by atoms with Crippen molar-refractivity contribution in [1.29, 1.82) is 0 Å². The molecule has 224 valence electrons. The molecule has 0 radical (unpaired) electrons. The molecule has 9 nitrogen and oxygen atoms in total. The third-order valence-electron chi connectivity index (χ3n) is 7.51. The van der Waals surface area contributed by atoms with Gasteiger partial charge in [-0.05, 0) is 71.1 Å². The predicted octanol–water partition coefficient (Wildman–Crippen LogP) is 6.07. The monoisotopic (exact) mass is 598 g/mol. The van der Waals surface area contributed by atoms with Crippen LogP contribution in [0.25, 0.3) is 11.1 Å². The lowest BCUT2D eigenvalue weighted by Gasteiger charge is -2.27. The quantitative estimate of drug-likeness (QED) is 0.133. The number of pyridine rings is 1. The number of unbranched alkanes of at least 4 members (excludes halogenated alkanes) is 3. The molecule has 1 aliphatic rings. The molecule has 0 saturated carbocycles. The van der Waals surface area contributed by atoms with E-state index in [0.29, 0.717) is 23.7 Å². The van der Waals surface area contributed by atoms with E-state index in [-0.39, 0.29) is 17.0 Å². The van der Waals surface area contributed by atoms with Gasteiger partial charge in [0.2, 0.25) is 0 Å². The van der Waals surface area contributed by atoms with Crippen molar-refractivity contribution in [3.05, 3.63) is 102 Å². The lowest BCUT2D eigenvalue weighted by Crippen LogP contribution is -2.31. The van der Waals surface area contributed by atoms with Crippen LogP contribution in [0.3, 0.4) is 0 Å². The maximum absolute atomic E-state index is 13.0. The summed E-state index contributed by atoms with van der Waals surface area (Å²) in [6.07, 6.45) is 5.15. The fourth-order valence-corrected chi connectivity index (χ4v) is 6.25. The third-order valence-corrected chi connectivity index (χ3v) is 8.90. The summed E-state index contributed by atoms with van der Waals surface area (Å²) in [4.78, 5) is 16.7. The summed E-state index contributed by atoms with van der Waals surface area (Å²) in [7, 11) is -3.80. The van der Waals surface area contributed by atoms with Crippen LogP contribution < -0.4 is 26.4 Å². The number of carbonyl (C=O) groups excluding carboxylic acids is 1. The molecule has 1 aliphatic heterocycles. The van der Waals surface area contributed by atoms with Gasteiger partial charge in [-0.1, -0.05) is 68.7 Å². The van der Waals surface area contributed by atoms with Gasteiger partial charge in [-0.15, -0.1) is 0 Å². The van der Waals surface area contributed by atoms with Crippen LogP contribution in [0, 0.1) is 0 Å². The average molecular weight is 599 g/mol. The van der Waals surface area contributed by atoms with Crippen molar-refractivity contribution in [3.63, 3.8) is 0 Å². The highest BCUT2D eigenvalue weighted by molar-refractivity contribution is 7.92. The van der Waals surface area contributed by atoms with Gasteiger partial charge in [-0.25, -0.2) is 18.2 Å². The largest absolute Gasteiger partial charge is 0.384 e. The third kappa shape index (κ3) is 7.71. The van der Waals surface area contributed by atoms with E-state index in [1.54, 1.807) is 24.3 Å². The van der Waals surface area contributed by atoms with Gasteiger partial charge < -0.3 is 21.7 Å². The minimum Gasteiger partial charge on any atom is -0.384 e. The summed E-state index contributed by atoms with van der Waals surface area (Å²) >= 11 is 0. The van der Waals surface area contributed by atoms with Crippen LogP contribution in [0.2, 0.25) is 0 Å². The molecule has 0 spiro atoms. The first kappa shape index (κ1) is 30.1. The number of nitrogens with two attached hydrogens (primary N) is 1. The molecule has 4 aromatic rings. The molecule has 1 atom stereocenters. The normalized spacial score (nSPS) is 14.5. The Morgan fingerprint density at radius 1 is 0.884 bits per heavy atom. The van der Waals surface area contributed by atoms with Crippen LogP contribution in [0.15, 0.2) is 89.8 Å². The number of nitrogen functional groups attached to an aromatic ring is 1. The molecule has 2 amide bonds. The number of sulfonamides is 1. The number of carbonyl (C=O) groups is 1. The average Bonchev–Trinajstić information content (AvgIpc) is 3.01. The molecule has 0 saturated heterocycles. The number of amides is 2. The summed E-state index contributed by atoms with van der Waals surface area (Å²) in [5.74, 6) is 0.542. The summed E-state index contributed by atoms with van der Waals surface area (Å²) in [6.45, 7) is 3.58. The summed E-state index contributed by atoms with van der Waals surface area (Å²) in [5, 5.41) is 9.12. The van der Waals surface area contributed by atoms with E-state index in [1.165, 1.54) is 12.1 Å². The molecule has 0 bridgehead atoms. The van der Waals surface area contributed by atoms with E-state index >= 15 is 0 Å². The Bertz CT molecular complexity index is 1640. The first-order valence-corrected chi connectivity index (χ1v) is 16.2. The summed E-state index contributed by atoms with van der Waals surface area (Å²) in [5.41, 5.74) is 12.2. The highest BCUT2D eigenvalue weighted by Crippen LogP contribution is 2.30. The number of rotatable bonds is 11. The molecule has 0 aliphatic carbocycles. The Morgan fingerprint density at radius 3 is 2.26 bits per heavy atom. The van der Waals surface area contributed by atoms with Gasteiger partial charge in [0.1, 0.15) is 5.82 Å². The summed E-state index contributed by atoms with van der Waals surface area (Å²) < 4.78 is 28.6. The second-order valence-corrected chi connectivity index (χ2v) is 12.4. The van der Waals surface area contributed by atoms with Crippen LogP contribution in [0.5, 0.6) is 0 Å². The zero-order chi connectivity index (χ0) is 30.2. The summed E-state index contributed by atoms with van der Waals surface area (Å²) in [6, 6.07) is 25.3. The van der Waals surface area contributed by atoms with Crippen molar-refractivity contribution in [2.75, 3.05) is 28.9 Å². The zero-order valence-corrected chi connectivity index (χ0v) is 25.1. The lowest BCUT2D eigenvalue weighted by atomic mass is 9.92. The van der Waals surface area contributed by atoms with E-state index in [2.05, 4.69) is 56.8 Å². The standard InChI is InChI=1S/C33H38N6O3S/c1-2-3-4-5-21-36-33(40)37-26-14-16-28(17-15-26)43(41,42)39-27-12-10-24(11-13-27)23-6-8-25(9-7-23)32-29-18-19-31(34)38-30(29)20-22-35-32/h6-19,32,35,39H,2-5,20-22H2,1H3,(H2,34,38)(H2,36,37,40). The van der Waals surface area contributed by atoms with Crippen LogP contribution in [0.1, 0.15) is 55.5 Å². The van der Waals surface area contributed by atoms with Crippen LogP contribution in [-0.2, 0) is 16.4 Å². The number of aromatic nitrogens is 1. The van der Waals surface area contributed by atoms with Crippen molar-refractivity contribution in [2.24, 2.45) is 0 Å². The van der Waals surface area contributed by atoms with Gasteiger partial charge in [0.15, 0.2) is 0 Å². The van der Waals surface area contributed by atoms with Crippen molar-refractivity contribution in [2.45, 2.75) is 50.0 Å². The fourth-order valence-electron chi connectivity index (χ4n) is 5.19. The Labute approximate surface area is 253 Å². The highest BCUT2D eigenvalue weighted by atomic mass is 32.2. The van der Waals surface area contributed by atoms with Crippen LogP contribution >= 0.6 is 0 Å². The maximum Gasteiger partial charge on any atom is 0.319 e. The second kappa shape index (κ2) is 13.7. The Balaban J connectivity index is 1.18. The lowest BCUT2D eigenvalue weighted by molar-refractivity contribution is 0.252. The number of nitrogens with one attached hydrogen (secondary N) is 4. The molecular formula is C33H38N6O3S. The topological polar surface area (TPSA) is 138 Å². The number of benzene rings is 3. The molecule has 1 unspecified atom stereocenters. The van der Waals surface area contributed by atoms with Gasteiger partial charge in [0.05, 0.1) is 10.9 Å². The fraction of sp³-hybridized carbons (Fsp3) is 0.273. The molecule has 0 fully saturated rings.